The molecule has 0 saturated carbocycles. The quantitative estimate of drug-likeness (QED) is 0.695. The maximum Gasteiger partial charge on any atom is 0.239 e. The first-order valence-corrected chi connectivity index (χ1v) is 6.97. The first-order valence-electron chi connectivity index (χ1n) is 6.97. The minimum atomic E-state index is 0.286. The van der Waals surface area contributed by atoms with Crippen LogP contribution in [0.4, 0.5) is 5.82 Å². The van der Waals surface area contributed by atoms with E-state index < -0.39 is 0 Å². The standard InChI is InChI=1S/C16H14N4O4/c1-22-13-7-10-11(8-14(13)23-2)17-6-5-12(10)24-16-4-3-15(18-9-21)19-20-16/h3-9H,1-2H3,(H,18,19,21). The van der Waals surface area contributed by atoms with E-state index in [4.69, 9.17) is 14.2 Å². The van der Waals surface area contributed by atoms with Crippen LogP contribution in [0.15, 0.2) is 36.5 Å². The predicted molar refractivity (Wildman–Crippen MR) is 86.6 cm³/mol. The average molecular weight is 326 g/mol. The van der Waals surface area contributed by atoms with Crippen molar-refractivity contribution in [2.24, 2.45) is 0 Å². The summed E-state index contributed by atoms with van der Waals surface area (Å²) in [4.78, 5) is 14.7. The molecule has 2 heterocycles. The van der Waals surface area contributed by atoms with Crippen molar-refractivity contribution in [3.63, 3.8) is 0 Å². The van der Waals surface area contributed by atoms with Crippen LogP contribution in [0.1, 0.15) is 0 Å². The largest absolute Gasteiger partial charge is 0.493 e. The highest BCUT2D eigenvalue weighted by Crippen LogP contribution is 2.36. The monoisotopic (exact) mass is 326 g/mol. The number of rotatable bonds is 6. The Kier molecular flexibility index (Phi) is 4.37. The van der Waals surface area contributed by atoms with Crippen LogP contribution in [0.2, 0.25) is 0 Å². The maximum absolute atomic E-state index is 10.4. The number of anilines is 1. The fourth-order valence-electron chi connectivity index (χ4n) is 2.16. The summed E-state index contributed by atoms with van der Waals surface area (Å²) < 4.78 is 16.4. The predicted octanol–water partition coefficient (Wildman–Crippen LogP) is 2.40. The first-order chi connectivity index (χ1) is 11.7. The minimum absolute atomic E-state index is 0.286. The average Bonchev–Trinajstić information content (AvgIpc) is 2.62. The van der Waals surface area contributed by atoms with Crippen LogP contribution < -0.4 is 19.5 Å². The van der Waals surface area contributed by atoms with Crippen LogP contribution in [0.5, 0.6) is 23.1 Å². The Morgan fingerprint density at radius 2 is 1.79 bits per heavy atom. The lowest BCUT2D eigenvalue weighted by molar-refractivity contribution is -0.105. The Labute approximate surface area is 137 Å². The molecule has 8 heteroatoms. The van der Waals surface area contributed by atoms with Gasteiger partial charge >= 0.3 is 0 Å². The zero-order chi connectivity index (χ0) is 16.9. The number of pyridine rings is 1. The van der Waals surface area contributed by atoms with Crippen molar-refractivity contribution >= 4 is 23.1 Å². The smallest absolute Gasteiger partial charge is 0.239 e. The van der Waals surface area contributed by atoms with Crippen molar-refractivity contribution in [2.45, 2.75) is 0 Å². The Balaban J connectivity index is 1.98. The minimum Gasteiger partial charge on any atom is -0.493 e. The number of hydrogen-bond acceptors (Lipinski definition) is 7. The van der Waals surface area contributed by atoms with E-state index in [-0.39, 0.29) is 5.88 Å². The van der Waals surface area contributed by atoms with Gasteiger partial charge in [0.2, 0.25) is 12.3 Å². The second kappa shape index (κ2) is 6.78. The number of nitrogens with zero attached hydrogens (tertiary/aromatic N) is 3. The normalized spacial score (nSPS) is 10.2. The van der Waals surface area contributed by atoms with Gasteiger partial charge in [-0.05, 0) is 18.2 Å². The molecule has 0 bridgehead atoms. The van der Waals surface area contributed by atoms with Crippen LogP contribution in [-0.4, -0.2) is 35.8 Å². The van der Waals surface area contributed by atoms with E-state index in [2.05, 4.69) is 20.5 Å². The first kappa shape index (κ1) is 15.5. The second-order valence-corrected chi connectivity index (χ2v) is 4.65. The molecule has 0 aliphatic carbocycles. The third-order valence-corrected chi connectivity index (χ3v) is 3.27. The van der Waals surface area contributed by atoms with Crippen molar-refractivity contribution in [1.82, 2.24) is 15.2 Å². The van der Waals surface area contributed by atoms with Crippen molar-refractivity contribution in [3.05, 3.63) is 36.5 Å². The molecule has 24 heavy (non-hydrogen) atoms. The molecule has 122 valence electrons. The third-order valence-electron chi connectivity index (χ3n) is 3.27. The highest BCUT2D eigenvalue weighted by molar-refractivity contribution is 5.88. The van der Waals surface area contributed by atoms with Gasteiger partial charge in [-0.1, -0.05) is 0 Å². The van der Waals surface area contributed by atoms with Gasteiger partial charge in [0.1, 0.15) is 5.75 Å². The number of fused-ring (bicyclic) bond motifs is 1. The van der Waals surface area contributed by atoms with Crippen molar-refractivity contribution in [2.75, 3.05) is 19.5 Å². The number of amides is 1. The van der Waals surface area contributed by atoms with Gasteiger partial charge < -0.3 is 19.5 Å². The summed E-state index contributed by atoms with van der Waals surface area (Å²) in [6.45, 7) is 0. The van der Waals surface area contributed by atoms with E-state index in [1.54, 1.807) is 50.7 Å². The SMILES string of the molecule is COc1cc2nccc(Oc3ccc(NC=O)nn3)c2cc1OC. The number of ether oxygens (including phenoxy) is 3. The molecule has 2 aromatic heterocycles. The molecule has 1 amide bonds. The number of nitrogens with one attached hydrogen (secondary N) is 1. The highest BCUT2D eigenvalue weighted by Gasteiger charge is 2.11. The van der Waals surface area contributed by atoms with E-state index in [0.717, 1.165) is 5.39 Å². The fourth-order valence-corrected chi connectivity index (χ4v) is 2.16. The molecule has 3 rings (SSSR count). The Morgan fingerprint density at radius 3 is 2.46 bits per heavy atom. The summed E-state index contributed by atoms with van der Waals surface area (Å²) >= 11 is 0. The van der Waals surface area contributed by atoms with Gasteiger partial charge in [-0.15, -0.1) is 10.2 Å². The van der Waals surface area contributed by atoms with E-state index in [1.165, 1.54) is 0 Å². The molecule has 0 unspecified atom stereocenters. The summed E-state index contributed by atoms with van der Waals surface area (Å²) in [5.74, 6) is 2.32. The molecule has 0 atom stereocenters. The molecule has 0 aliphatic rings. The molecule has 0 fully saturated rings. The van der Waals surface area contributed by atoms with Gasteiger partial charge in [-0.25, -0.2) is 0 Å². The molecule has 0 radical (unpaired) electrons. The van der Waals surface area contributed by atoms with Crippen LogP contribution in [0.3, 0.4) is 0 Å². The number of aromatic nitrogens is 3. The number of carbonyl (C=O) groups excluding carboxylic acids is 1. The number of hydrogen-bond donors (Lipinski definition) is 1. The second-order valence-electron chi connectivity index (χ2n) is 4.65. The molecule has 0 aliphatic heterocycles. The summed E-state index contributed by atoms with van der Waals surface area (Å²) in [5.41, 5.74) is 0.692. The van der Waals surface area contributed by atoms with E-state index in [9.17, 15) is 4.79 Å². The molecule has 8 nitrogen and oxygen atoms in total. The van der Waals surface area contributed by atoms with Crippen molar-refractivity contribution in [1.29, 1.82) is 0 Å². The van der Waals surface area contributed by atoms with Crippen LogP contribution >= 0.6 is 0 Å². The summed E-state index contributed by atoms with van der Waals surface area (Å²) in [6.07, 6.45) is 2.15. The summed E-state index contributed by atoms with van der Waals surface area (Å²) in [5, 5.41) is 10.9. The van der Waals surface area contributed by atoms with Gasteiger partial charge in [0, 0.05) is 23.7 Å². The van der Waals surface area contributed by atoms with Gasteiger partial charge in [-0.3, -0.25) is 9.78 Å². The van der Waals surface area contributed by atoms with E-state index in [1.807, 2.05) is 0 Å². The van der Waals surface area contributed by atoms with Gasteiger partial charge in [0.15, 0.2) is 17.3 Å². The lowest BCUT2D eigenvalue weighted by Crippen LogP contribution is -1.99. The number of carbonyl (C=O) groups is 1. The van der Waals surface area contributed by atoms with Gasteiger partial charge in [0.25, 0.3) is 0 Å². The summed E-state index contributed by atoms with van der Waals surface area (Å²) in [7, 11) is 3.12. The molecule has 1 N–H and O–H groups in total. The van der Waals surface area contributed by atoms with Gasteiger partial charge in [0.05, 0.1) is 19.7 Å². The highest BCUT2D eigenvalue weighted by atomic mass is 16.5. The Bertz CT molecular complexity index is 868. The lowest BCUT2D eigenvalue weighted by Gasteiger charge is -2.11. The van der Waals surface area contributed by atoms with Crippen LogP contribution in [-0.2, 0) is 4.79 Å². The number of methoxy groups -OCH3 is 2. The summed E-state index contributed by atoms with van der Waals surface area (Å²) in [6, 6.07) is 8.46. The van der Waals surface area contributed by atoms with Gasteiger partial charge in [-0.2, -0.15) is 0 Å². The molecule has 3 aromatic rings. The Morgan fingerprint density at radius 1 is 1.00 bits per heavy atom. The third kappa shape index (κ3) is 3.02. The molecular formula is C16H14N4O4. The lowest BCUT2D eigenvalue weighted by atomic mass is 10.2. The zero-order valence-corrected chi connectivity index (χ0v) is 13.0. The Hall–Kier alpha value is -3.42. The zero-order valence-electron chi connectivity index (χ0n) is 13.0. The van der Waals surface area contributed by atoms with E-state index in [0.29, 0.717) is 35.0 Å². The van der Waals surface area contributed by atoms with Crippen molar-refractivity contribution in [3.8, 4) is 23.1 Å². The van der Waals surface area contributed by atoms with E-state index >= 15 is 0 Å². The van der Waals surface area contributed by atoms with Crippen LogP contribution in [0, 0.1) is 0 Å². The molecule has 1 aromatic carbocycles. The molecule has 0 spiro atoms. The fraction of sp³-hybridized carbons (Fsp3) is 0.125. The topological polar surface area (TPSA) is 95.5 Å². The van der Waals surface area contributed by atoms with Crippen molar-refractivity contribution < 1.29 is 19.0 Å². The maximum atomic E-state index is 10.4. The molecular weight excluding hydrogens is 312 g/mol. The van der Waals surface area contributed by atoms with Crippen LogP contribution in [0.25, 0.3) is 10.9 Å². The number of benzene rings is 1. The molecule has 0 saturated heterocycles.